The van der Waals surface area contributed by atoms with Crippen LogP contribution in [0.5, 0.6) is 11.5 Å². The molecule has 3 aromatic carbocycles. The molecule has 0 saturated carbocycles. The van der Waals surface area contributed by atoms with Gasteiger partial charge in [0, 0.05) is 37.3 Å². The molecule has 0 heterocycles. The SMILES string of the molecule is COc1ccc(CN(C)C(=O)c2cccc(S(=O)(=O)NCc3ccccc3)c2)c(OC)c1. The average molecular weight is 455 g/mol. The summed E-state index contributed by atoms with van der Waals surface area (Å²) >= 11 is 0. The van der Waals surface area contributed by atoms with Crippen molar-refractivity contribution in [1.82, 2.24) is 9.62 Å². The Labute approximate surface area is 188 Å². The molecule has 3 rings (SSSR count). The molecule has 8 heteroatoms. The lowest BCUT2D eigenvalue weighted by Gasteiger charge is -2.19. The Morgan fingerprint density at radius 2 is 1.69 bits per heavy atom. The number of nitrogens with one attached hydrogen (secondary N) is 1. The van der Waals surface area contributed by atoms with Crippen molar-refractivity contribution in [2.24, 2.45) is 0 Å². The minimum absolute atomic E-state index is 0.0368. The van der Waals surface area contributed by atoms with Gasteiger partial charge in [0.15, 0.2) is 0 Å². The molecule has 7 nitrogen and oxygen atoms in total. The molecule has 0 unspecified atom stereocenters. The minimum Gasteiger partial charge on any atom is -0.497 e. The van der Waals surface area contributed by atoms with E-state index < -0.39 is 10.0 Å². The van der Waals surface area contributed by atoms with Gasteiger partial charge in [0.05, 0.1) is 19.1 Å². The standard InChI is InChI=1S/C24H26N2O5S/c1-26(17-20-12-13-21(30-2)15-23(20)31-3)24(27)19-10-7-11-22(14-19)32(28,29)25-16-18-8-5-4-6-9-18/h4-15,25H,16-17H2,1-3H3. The summed E-state index contributed by atoms with van der Waals surface area (Å²) in [4.78, 5) is 14.5. The molecule has 0 aliphatic carbocycles. The summed E-state index contributed by atoms with van der Waals surface area (Å²) in [5.74, 6) is 0.953. The highest BCUT2D eigenvalue weighted by Gasteiger charge is 2.19. The fraction of sp³-hybridized carbons (Fsp3) is 0.208. The van der Waals surface area contributed by atoms with Gasteiger partial charge in [0.1, 0.15) is 11.5 Å². The second-order valence-electron chi connectivity index (χ2n) is 7.18. The third-order valence-electron chi connectivity index (χ3n) is 4.95. The summed E-state index contributed by atoms with van der Waals surface area (Å²) in [7, 11) is 1.00. The van der Waals surface area contributed by atoms with Crippen molar-refractivity contribution in [1.29, 1.82) is 0 Å². The summed E-state index contributed by atoms with van der Waals surface area (Å²) in [6.07, 6.45) is 0. The highest BCUT2D eigenvalue weighted by Crippen LogP contribution is 2.26. The van der Waals surface area contributed by atoms with E-state index in [2.05, 4.69) is 4.72 Å². The number of benzene rings is 3. The molecular formula is C24H26N2O5S. The third kappa shape index (κ3) is 5.66. The number of rotatable bonds is 9. The van der Waals surface area contributed by atoms with Crippen LogP contribution < -0.4 is 14.2 Å². The maximum absolute atomic E-state index is 13.0. The van der Waals surface area contributed by atoms with Crippen LogP contribution in [0.25, 0.3) is 0 Å². The van der Waals surface area contributed by atoms with E-state index in [0.29, 0.717) is 11.5 Å². The number of methoxy groups -OCH3 is 2. The number of carbonyl (C=O) groups is 1. The molecular weight excluding hydrogens is 428 g/mol. The monoisotopic (exact) mass is 454 g/mol. The van der Waals surface area contributed by atoms with Crippen LogP contribution in [0.4, 0.5) is 0 Å². The van der Waals surface area contributed by atoms with Crippen molar-refractivity contribution in [3.8, 4) is 11.5 Å². The average Bonchev–Trinajstić information content (AvgIpc) is 2.83. The molecule has 0 bridgehead atoms. The lowest BCUT2D eigenvalue weighted by atomic mass is 10.1. The van der Waals surface area contributed by atoms with E-state index in [4.69, 9.17) is 9.47 Å². The van der Waals surface area contributed by atoms with Gasteiger partial charge in [-0.1, -0.05) is 36.4 Å². The van der Waals surface area contributed by atoms with E-state index in [0.717, 1.165) is 11.1 Å². The van der Waals surface area contributed by atoms with Crippen molar-refractivity contribution in [3.63, 3.8) is 0 Å². The predicted octanol–water partition coefficient (Wildman–Crippen LogP) is 3.45. The maximum atomic E-state index is 13.0. The Morgan fingerprint density at radius 3 is 2.38 bits per heavy atom. The second-order valence-corrected chi connectivity index (χ2v) is 8.94. The van der Waals surface area contributed by atoms with E-state index in [1.807, 2.05) is 36.4 Å². The molecule has 1 N–H and O–H groups in total. The molecule has 0 atom stereocenters. The molecule has 3 aromatic rings. The predicted molar refractivity (Wildman–Crippen MR) is 122 cm³/mol. The van der Waals surface area contributed by atoms with Crippen molar-refractivity contribution in [2.75, 3.05) is 21.3 Å². The van der Waals surface area contributed by atoms with E-state index in [9.17, 15) is 13.2 Å². The number of hydrogen-bond acceptors (Lipinski definition) is 5. The van der Waals surface area contributed by atoms with Gasteiger partial charge in [-0.25, -0.2) is 13.1 Å². The van der Waals surface area contributed by atoms with Gasteiger partial charge in [-0.2, -0.15) is 0 Å². The molecule has 1 amide bonds. The van der Waals surface area contributed by atoms with Crippen molar-refractivity contribution >= 4 is 15.9 Å². The first kappa shape index (κ1) is 23.3. The van der Waals surface area contributed by atoms with Crippen LogP contribution in [0.3, 0.4) is 0 Å². The molecule has 0 saturated heterocycles. The van der Waals surface area contributed by atoms with Crippen LogP contribution in [0.1, 0.15) is 21.5 Å². The first-order valence-corrected chi connectivity index (χ1v) is 11.4. The number of sulfonamides is 1. The number of carbonyl (C=O) groups excluding carboxylic acids is 1. The zero-order chi connectivity index (χ0) is 23.1. The van der Waals surface area contributed by atoms with Crippen LogP contribution in [0, 0.1) is 0 Å². The lowest BCUT2D eigenvalue weighted by molar-refractivity contribution is 0.0784. The van der Waals surface area contributed by atoms with E-state index in [-0.39, 0.29) is 29.5 Å². The summed E-state index contributed by atoms with van der Waals surface area (Å²) in [5.41, 5.74) is 1.93. The first-order valence-electron chi connectivity index (χ1n) is 9.94. The first-order chi connectivity index (χ1) is 15.3. The van der Waals surface area contributed by atoms with Gasteiger partial charge in [-0.3, -0.25) is 4.79 Å². The van der Waals surface area contributed by atoms with Crippen LogP contribution in [0.2, 0.25) is 0 Å². The summed E-state index contributed by atoms with van der Waals surface area (Å²) in [6, 6.07) is 20.6. The van der Waals surface area contributed by atoms with Gasteiger partial charge in [0.25, 0.3) is 5.91 Å². The lowest BCUT2D eigenvalue weighted by Crippen LogP contribution is -2.27. The second kappa shape index (κ2) is 10.3. The third-order valence-corrected chi connectivity index (χ3v) is 6.35. The zero-order valence-electron chi connectivity index (χ0n) is 18.2. The quantitative estimate of drug-likeness (QED) is 0.535. The van der Waals surface area contributed by atoms with Crippen LogP contribution in [0.15, 0.2) is 77.7 Å². The molecule has 168 valence electrons. The Hall–Kier alpha value is -3.36. The Bertz CT molecular complexity index is 1180. The highest BCUT2D eigenvalue weighted by molar-refractivity contribution is 7.89. The van der Waals surface area contributed by atoms with Crippen molar-refractivity contribution in [2.45, 2.75) is 18.0 Å². The highest BCUT2D eigenvalue weighted by atomic mass is 32.2. The Balaban J connectivity index is 1.74. The summed E-state index contributed by atoms with van der Waals surface area (Å²) in [5, 5.41) is 0. The normalized spacial score (nSPS) is 11.1. The van der Waals surface area contributed by atoms with E-state index in [1.165, 1.54) is 17.0 Å². The fourth-order valence-electron chi connectivity index (χ4n) is 3.18. The van der Waals surface area contributed by atoms with Gasteiger partial charge in [0.2, 0.25) is 10.0 Å². The molecule has 0 fully saturated rings. The van der Waals surface area contributed by atoms with Crippen molar-refractivity contribution in [3.05, 3.63) is 89.5 Å². The zero-order valence-corrected chi connectivity index (χ0v) is 19.1. The summed E-state index contributed by atoms with van der Waals surface area (Å²) in [6.45, 7) is 0.452. The topological polar surface area (TPSA) is 84.9 Å². The fourth-order valence-corrected chi connectivity index (χ4v) is 4.25. The van der Waals surface area contributed by atoms with Crippen molar-refractivity contribution < 1.29 is 22.7 Å². The van der Waals surface area contributed by atoms with Gasteiger partial charge < -0.3 is 14.4 Å². The maximum Gasteiger partial charge on any atom is 0.253 e. The largest absolute Gasteiger partial charge is 0.497 e. The van der Waals surface area contributed by atoms with E-state index in [1.54, 1.807) is 45.5 Å². The molecule has 0 aromatic heterocycles. The minimum atomic E-state index is -3.77. The molecule has 0 radical (unpaired) electrons. The summed E-state index contributed by atoms with van der Waals surface area (Å²) < 4.78 is 38.6. The number of nitrogens with zero attached hydrogens (tertiary/aromatic N) is 1. The molecule has 0 spiro atoms. The number of ether oxygens (including phenoxy) is 2. The molecule has 32 heavy (non-hydrogen) atoms. The van der Waals surface area contributed by atoms with Crippen LogP contribution in [-0.2, 0) is 23.1 Å². The van der Waals surface area contributed by atoms with Gasteiger partial charge >= 0.3 is 0 Å². The van der Waals surface area contributed by atoms with Crippen LogP contribution in [-0.4, -0.2) is 40.5 Å². The van der Waals surface area contributed by atoms with Crippen LogP contribution >= 0.6 is 0 Å². The smallest absolute Gasteiger partial charge is 0.253 e. The Morgan fingerprint density at radius 1 is 0.938 bits per heavy atom. The van der Waals surface area contributed by atoms with E-state index >= 15 is 0 Å². The number of hydrogen-bond donors (Lipinski definition) is 1. The molecule has 0 aliphatic rings. The van der Waals surface area contributed by atoms with Gasteiger partial charge in [-0.15, -0.1) is 0 Å². The Kier molecular flexibility index (Phi) is 7.50. The number of amides is 1. The molecule has 0 aliphatic heterocycles. The van der Waals surface area contributed by atoms with Gasteiger partial charge in [-0.05, 0) is 35.9 Å².